The van der Waals surface area contributed by atoms with Crippen LogP contribution in [0.15, 0.2) is 18.2 Å². The summed E-state index contributed by atoms with van der Waals surface area (Å²) in [6.45, 7) is 0.395. The van der Waals surface area contributed by atoms with E-state index in [1.807, 2.05) is 6.07 Å². The Labute approximate surface area is 112 Å². The smallest absolute Gasteiger partial charge is 0.230 e. The third-order valence-electron chi connectivity index (χ3n) is 4.03. The molecule has 0 aromatic heterocycles. The number of hydrogen-bond acceptors (Lipinski definition) is 3. The van der Waals surface area contributed by atoms with E-state index in [-0.39, 0.29) is 17.6 Å². The number of Topliss-reactive ketones (excluding diaryl/α,β-unsaturated/α-hetero) is 1. The average molecular weight is 259 g/mol. The van der Waals surface area contributed by atoms with Gasteiger partial charge in [-0.3, -0.25) is 9.59 Å². The monoisotopic (exact) mass is 259 g/mol. The van der Waals surface area contributed by atoms with Crippen LogP contribution in [0.1, 0.15) is 36.0 Å². The Morgan fingerprint density at radius 1 is 1.37 bits per heavy atom. The first-order valence-corrected chi connectivity index (χ1v) is 6.74. The molecule has 0 atom stereocenters. The van der Waals surface area contributed by atoms with E-state index in [0.717, 1.165) is 19.3 Å². The zero-order valence-electron chi connectivity index (χ0n) is 11.0. The van der Waals surface area contributed by atoms with Crippen LogP contribution < -0.4 is 9.64 Å². The zero-order chi connectivity index (χ0) is 13.4. The third kappa shape index (κ3) is 2.11. The Bertz CT molecular complexity index is 534. The summed E-state index contributed by atoms with van der Waals surface area (Å²) in [5.41, 5.74) is 1.39. The van der Waals surface area contributed by atoms with Crippen molar-refractivity contribution in [2.24, 2.45) is 5.92 Å². The number of fused-ring (bicyclic) bond motifs is 1. The van der Waals surface area contributed by atoms with Gasteiger partial charge in [0.2, 0.25) is 5.91 Å². The van der Waals surface area contributed by atoms with Gasteiger partial charge in [-0.25, -0.2) is 0 Å². The van der Waals surface area contributed by atoms with Crippen molar-refractivity contribution in [3.63, 3.8) is 0 Å². The Kier molecular flexibility index (Phi) is 3.01. The second-order valence-corrected chi connectivity index (χ2v) is 5.23. The molecule has 1 saturated carbocycles. The Hall–Kier alpha value is -1.84. The first kappa shape index (κ1) is 12.2. The predicted octanol–water partition coefficient (Wildman–Crippen LogP) is 2.41. The molecule has 0 spiro atoms. The van der Waals surface area contributed by atoms with Crippen LogP contribution >= 0.6 is 0 Å². The number of hydrogen-bond donors (Lipinski definition) is 0. The Balaban J connectivity index is 1.95. The average Bonchev–Trinajstić information content (AvgIpc) is 2.48. The van der Waals surface area contributed by atoms with Crippen LogP contribution in [-0.2, 0) is 4.79 Å². The predicted molar refractivity (Wildman–Crippen MR) is 71.6 cm³/mol. The van der Waals surface area contributed by atoms with Crippen molar-refractivity contribution in [2.75, 3.05) is 18.6 Å². The zero-order valence-corrected chi connectivity index (χ0v) is 11.0. The maximum atomic E-state index is 12.2. The fraction of sp³-hybridized carbons (Fsp3) is 0.467. The molecular formula is C15H17NO3. The highest BCUT2D eigenvalue weighted by Crippen LogP contribution is 2.35. The molecule has 0 radical (unpaired) electrons. The highest BCUT2D eigenvalue weighted by atomic mass is 16.5. The van der Waals surface area contributed by atoms with Gasteiger partial charge in [0.25, 0.3) is 0 Å². The van der Waals surface area contributed by atoms with Crippen molar-refractivity contribution >= 4 is 17.4 Å². The van der Waals surface area contributed by atoms with Crippen LogP contribution in [0.3, 0.4) is 0 Å². The number of nitrogens with zero attached hydrogens (tertiary/aromatic N) is 1. The fourth-order valence-corrected chi connectivity index (χ4v) is 2.51. The molecule has 19 heavy (non-hydrogen) atoms. The van der Waals surface area contributed by atoms with Crippen LogP contribution in [0.25, 0.3) is 0 Å². The van der Waals surface area contributed by atoms with E-state index < -0.39 is 0 Å². The summed E-state index contributed by atoms with van der Waals surface area (Å²) in [5, 5.41) is 0. The van der Waals surface area contributed by atoms with Crippen LogP contribution in [-0.4, -0.2) is 25.3 Å². The van der Waals surface area contributed by atoms with Gasteiger partial charge in [0.1, 0.15) is 5.75 Å². The number of benzene rings is 1. The Morgan fingerprint density at radius 3 is 2.84 bits per heavy atom. The summed E-state index contributed by atoms with van der Waals surface area (Å²) in [7, 11) is 1.73. The van der Waals surface area contributed by atoms with Crippen molar-refractivity contribution < 1.29 is 14.3 Å². The van der Waals surface area contributed by atoms with E-state index in [0.29, 0.717) is 30.0 Å². The number of anilines is 1. The lowest BCUT2D eigenvalue weighted by Gasteiger charge is -2.24. The lowest BCUT2D eigenvalue weighted by atomic mass is 9.80. The number of ketones is 1. The standard InChI is InChI=1S/C15H17NO3/c1-16-12-9-11(15(18)10-3-2-4-10)5-6-13(12)19-8-7-14(16)17/h5-6,9-10H,2-4,7-8H2,1H3. The molecular weight excluding hydrogens is 242 g/mol. The Morgan fingerprint density at radius 2 is 2.16 bits per heavy atom. The van der Waals surface area contributed by atoms with Crippen LogP contribution in [0.4, 0.5) is 5.69 Å². The van der Waals surface area contributed by atoms with Crippen LogP contribution in [0, 0.1) is 5.92 Å². The number of amides is 1. The maximum Gasteiger partial charge on any atom is 0.230 e. The fourth-order valence-electron chi connectivity index (χ4n) is 2.51. The molecule has 1 amide bonds. The molecule has 1 aromatic rings. The minimum absolute atomic E-state index is 0.0204. The molecule has 4 heteroatoms. The van der Waals surface area contributed by atoms with Gasteiger partial charge in [-0.2, -0.15) is 0 Å². The molecule has 0 saturated heterocycles. The van der Waals surface area contributed by atoms with Gasteiger partial charge in [-0.15, -0.1) is 0 Å². The summed E-state index contributed by atoms with van der Waals surface area (Å²) in [6.07, 6.45) is 3.49. The van der Waals surface area contributed by atoms with Crippen LogP contribution in [0.5, 0.6) is 5.75 Å². The van der Waals surface area contributed by atoms with Crippen LogP contribution in [0.2, 0.25) is 0 Å². The number of rotatable bonds is 2. The van der Waals surface area contributed by atoms with Gasteiger partial charge in [-0.05, 0) is 31.0 Å². The van der Waals surface area contributed by atoms with Crippen molar-refractivity contribution in [1.29, 1.82) is 0 Å². The van der Waals surface area contributed by atoms with Gasteiger partial charge in [0.05, 0.1) is 18.7 Å². The highest BCUT2D eigenvalue weighted by molar-refractivity contribution is 6.01. The van der Waals surface area contributed by atoms with Crippen molar-refractivity contribution in [3.05, 3.63) is 23.8 Å². The lowest BCUT2D eigenvalue weighted by Crippen LogP contribution is -2.26. The first-order chi connectivity index (χ1) is 9.16. The molecule has 2 aliphatic rings. The normalized spacial score (nSPS) is 19.2. The SMILES string of the molecule is CN1C(=O)CCOc2ccc(C(=O)C3CCC3)cc21. The number of ether oxygens (including phenoxy) is 1. The molecule has 0 N–H and O–H groups in total. The van der Waals surface area contributed by atoms with Gasteiger partial charge in [0.15, 0.2) is 5.78 Å². The summed E-state index contributed by atoms with van der Waals surface area (Å²) in [5.74, 6) is 1.07. The summed E-state index contributed by atoms with van der Waals surface area (Å²) in [6, 6.07) is 5.40. The molecule has 0 bridgehead atoms. The number of carbonyl (C=O) groups excluding carboxylic acids is 2. The minimum Gasteiger partial charge on any atom is -0.491 e. The maximum absolute atomic E-state index is 12.2. The summed E-state index contributed by atoms with van der Waals surface area (Å²) in [4.78, 5) is 25.6. The van der Waals surface area contributed by atoms with Gasteiger partial charge in [0, 0.05) is 18.5 Å². The first-order valence-electron chi connectivity index (χ1n) is 6.74. The van der Waals surface area contributed by atoms with E-state index in [9.17, 15) is 9.59 Å². The molecule has 0 unspecified atom stereocenters. The second kappa shape index (κ2) is 4.68. The molecule has 1 fully saturated rings. The van der Waals surface area contributed by atoms with E-state index in [1.54, 1.807) is 24.1 Å². The molecule has 1 aliphatic carbocycles. The van der Waals surface area contributed by atoms with Crippen molar-refractivity contribution in [2.45, 2.75) is 25.7 Å². The van der Waals surface area contributed by atoms with E-state index in [4.69, 9.17) is 4.74 Å². The third-order valence-corrected chi connectivity index (χ3v) is 4.03. The van der Waals surface area contributed by atoms with Crippen molar-refractivity contribution in [1.82, 2.24) is 0 Å². The molecule has 3 rings (SSSR count). The van der Waals surface area contributed by atoms with E-state index >= 15 is 0 Å². The minimum atomic E-state index is 0.0204. The van der Waals surface area contributed by atoms with E-state index in [1.165, 1.54) is 0 Å². The highest BCUT2D eigenvalue weighted by Gasteiger charge is 2.28. The molecule has 1 aromatic carbocycles. The molecule has 1 aliphatic heterocycles. The quantitative estimate of drug-likeness (QED) is 0.766. The molecule has 100 valence electrons. The second-order valence-electron chi connectivity index (χ2n) is 5.23. The van der Waals surface area contributed by atoms with E-state index in [2.05, 4.69) is 0 Å². The number of carbonyl (C=O) groups is 2. The van der Waals surface area contributed by atoms with Gasteiger partial charge in [-0.1, -0.05) is 6.42 Å². The lowest BCUT2D eigenvalue weighted by molar-refractivity contribution is -0.118. The largest absolute Gasteiger partial charge is 0.491 e. The van der Waals surface area contributed by atoms with Crippen molar-refractivity contribution in [3.8, 4) is 5.75 Å². The van der Waals surface area contributed by atoms with Gasteiger partial charge < -0.3 is 9.64 Å². The summed E-state index contributed by atoms with van der Waals surface area (Å²) >= 11 is 0. The topological polar surface area (TPSA) is 46.6 Å². The summed E-state index contributed by atoms with van der Waals surface area (Å²) < 4.78 is 5.55. The molecule has 1 heterocycles. The van der Waals surface area contributed by atoms with Gasteiger partial charge >= 0.3 is 0 Å². The molecule has 4 nitrogen and oxygen atoms in total.